The van der Waals surface area contributed by atoms with Gasteiger partial charge in [-0.2, -0.15) is 0 Å². The number of rotatable bonds is 3. The number of hydrogen-bond acceptors (Lipinski definition) is 2. The lowest BCUT2D eigenvalue weighted by atomic mass is 9.96. The van der Waals surface area contributed by atoms with Crippen LogP contribution in [0.4, 0.5) is 4.39 Å². The summed E-state index contributed by atoms with van der Waals surface area (Å²) in [6, 6.07) is 13.1. The van der Waals surface area contributed by atoms with Crippen LogP contribution in [0.25, 0.3) is 0 Å². The Kier molecular flexibility index (Phi) is 3.32. The monoisotopic (exact) mass is 257 g/mol. The zero-order chi connectivity index (χ0) is 13.2. The number of nitrogens with one attached hydrogen (secondary N) is 1. The molecule has 0 saturated heterocycles. The van der Waals surface area contributed by atoms with Crippen LogP contribution in [0.3, 0.4) is 0 Å². The molecule has 3 heteroatoms. The summed E-state index contributed by atoms with van der Waals surface area (Å²) in [6.45, 7) is 1.39. The predicted octanol–water partition coefficient (Wildman–Crippen LogP) is 3.16. The van der Waals surface area contributed by atoms with E-state index >= 15 is 0 Å². The van der Waals surface area contributed by atoms with Crippen LogP contribution < -0.4 is 5.32 Å². The van der Waals surface area contributed by atoms with Gasteiger partial charge in [-0.15, -0.1) is 0 Å². The summed E-state index contributed by atoms with van der Waals surface area (Å²) in [5.41, 5.74) is 4.75. The van der Waals surface area contributed by atoms with Crippen molar-refractivity contribution >= 4 is 0 Å². The summed E-state index contributed by atoms with van der Waals surface area (Å²) in [6.07, 6.45) is 0. The lowest BCUT2D eigenvalue weighted by molar-refractivity contribution is 0.134. The fraction of sp³-hybridized carbons (Fsp3) is 0.250. The maximum Gasteiger partial charge on any atom is 0.123 e. The molecule has 1 unspecified atom stereocenters. The second kappa shape index (κ2) is 5.11. The molecule has 98 valence electrons. The van der Waals surface area contributed by atoms with E-state index < -0.39 is 0 Å². The molecule has 3 rings (SSSR count). The fourth-order valence-electron chi connectivity index (χ4n) is 2.55. The lowest BCUT2D eigenvalue weighted by Crippen LogP contribution is -2.17. The van der Waals surface area contributed by atoms with Gasteiger partial charge in [0, 0.05) is 0 Å². The summed E-state index contributed by atoms with van der Waals surface area (Å²) in [4.78, 5) is 0. The van der Waals surface area contributed by atoms with Crippen molar-refractivity contribution in [2.24, 2.45) is 0 Å². The smallest absolute Gasteiger partial charge is 0.123 e. The SMILES string of the molecule is CNC(c1ccc(F)cc1)c1ccc2c(c1)COC2. The van der Waals surface area contributed by atoms with Crippen LogP contribution in [0.15, 0.2) is 42.5 Å². The average molecular weight is 257 g/mol. The molecule has 19 heavy (non-hydrogen) atoms. The van der Waals surface area contributed by atoms with E-state index in [1.165, 1.54) is 28.8 Å². The first-order valence-corrected chi connectivity index (χ1v) is 6.40. The maximum absolute atomic E-state index is 13.0. The van der Waals surface area contributed by atoms with E-state index in [-0.39, 0.29) is 11.9 Å². The molecule has 0 amide bonds. The van der Waals surface area contributed by atoms with Crippen LogP contribution in [0.1, 0.15) is 28.3 Å². The van der Waals surface area contributed by atoms with Gasteiger partial charge in [-0.3, -0.25) is 0 Å². The molecule has 1 N–H and O–H groups in total. The largest absolute Gasteiger partial charge is 0.372 e. The molecule has 0 saturated carbocycles. The van der Waals surface area contributed by atoms with Gasteiger partial charge in [0.1, 0.15) is 5.82 Å². The van der Waals surface area contributed by atoms with Crippen LogP contribution >= 0.6 is 0 Å². The molecule has 1 atom stereocenters. The Morgan fingerprint density at radius 2 is 1.68 bits per heavy atom. The summed E-state index contributed by atoms with van der Waals surface area (Å²) >= 11 is 0. The van der Waals surface area contributed by atoms with Crippen LogP contribution in [0.5, 0.6) is 0 Å². The molecule has 1 aliphatic heterocycles. The van der Waals surface area contributed by atoms with Crippen molar-refractivity contribution in [3.63, 3.8) is 0 Å². The van der Waals surface area contributed by atoms with E-state index in [1.54, 1.807) is 0 Å². The Morgan fingerprint density at radius 3 is 2.42 bits per heavy atom. The van der Waals surface area contributed by atoms with Gasteiger partial charge in [-0.25, -0.2) is 4.39 Å². The van der Waals surface area contributed by atoms with Crippen molar-refractivity contribution in [3.05, 3.63) is 70.5 Å². The normalized spacial score (nSPS) is 15.3. The first-order valence-electron chi connectivity index (χ1n) is 6.40. The summed E-state index contributed by atoms with van der Waals surface area (Å²) in [5, 5.41) is 3.28. The highest BCUT2D eigenvalue weighted by atomic mass is 19.1. The van der Waals surface area contributed by atoms with E-state index in [2.05, 4.69) is 23.5 Å². The Bertz CT molecular complexity index is 580. The lowest BCUT2D eigenvalue weighted by Gasteiger charge is -2.18. The highest BCUT2D eigenvalue weighted by Gasteiger charge is 2.16. The molecule has 2 aromatic carbocycles. The van der Waals surface area contributed by atoms with Gasteiger partial charge in [0.25, 0.3) is 0 Å². The maximum atomic E-state index is 13.0. The van der Waals surface area contributed by atoms with E-state index in [4.69, 9.17) is 4.74 Å². The molecule has 0 bridgehead atoms. The second-order valence-electron chi connectivity index (χ2n) is 4.79. The Morgan fingerprint density at radius 1 is 1.00 bits per heavy atom. The number of hydrogen-bond donors (Lipinski definition) is 1. The van der Waals surface area contributed by atoms with Crippen LogP contribution in [-0.4, -0.2) is 7.05 Å². The van der Waals surface area contributed by atoms with Crippen LogP contribution in [-0.2, 0) is 18.0 Å². The quantitative estimate of drug-likeness (QED) is 0.912. The van der Waals surface area contributed by atoms with Crippen molar-refractivity contribution in [2.75, 3.05) is 7.05 Å². The van der Waals surface area contributed by atoms with Crippen molar-refractivity contribution in [3.8, 4) is 0 Å². The molecule has 2 nitrogen and oxygen atoms in total. The first kappa shape index (κ1) is 12.3. The molecular weight excluding hydrogens is 241 g/mol. The minimum absolute atomic E-state index is 0.0755. The minimum atomic E-state index is -0.207. The van der Waals surface area contributed by atoms with Crippen molar-refractivity contribution in [2.45, 2.75) is 19.3 Å². The van der Waals surface area contributed by atoms with Gasteiger partial charge >= 0.3 is 0 Å². The standard InChI is InChI=1S/C16H16FNO/c1-18-16(11-4-6-15(17)7-5-11)12-2-3-13-9-19-10-14(13)8-12/h2-8,16,18H,9-10H2,1H3. The molecule has 0 spiro atoms. The third-order valence-electron chi connectivity index (χ3n) is 3.57. The highest BCUT2D eigenvalue weighted by Crippen LogP contribution is 2.27. The van der Waals surface area contributed by atoms with E-state index in [1.807, 2.05) is 19.2 Å². The molecule has 1 heterocycles. The van der Waals surface area contributed by atoms with Gasteiger partial charge in [0.2, 0.25) is 0 Å². The molecule has 1 aliphatic rings. The van der Waals surface area contributed by atoms with Gasteiger partial charge in [-0.1, -0.05) is 30.3 Å². The van der Waals surface area contributed by atoms with Gasteiger partial charge in [0.15, 0.2) is 0 Å². The summed E-state index contributed by atoms with van der Waals surface area (Å²) in [7, 11) is 1.91. The van der Waals surface area contributed by atoms with E-state index in [0.717, 1.165) is 5.56 Å². The molecule has 0 fully saturated rings. The Balaban J connectivity index is 1.96. The zero-order valence-corrected chi connectivity index (χ0v) is 10.8. The third kappa shape index (κ3) is 2.39. The molecular formula is C16H16FNO. The molecule has 0 aromatic heterocycles. The third-order valence-corrected chi connectivity index (χ3v) is 3.57. The topological polar surface area (TPSA) is 21.3 Å². The van der Waals surface area contributed by atoms with Gasteiger partial charge in [0.05, 0.1) is 19.3 Å². The van der Waals surface area contributed by atoms with Crippen molar-refractivity contribution < 1.29 is 9.13 Å². The number of ether oxygens (including phenoxy) is 1. The Hall–Kier alpha value is -1.71. The summed E-state index contributed by atoms with van der Waals surface area (Å²) in [5.74, 6) is -0.207. The second-order valence-corrected chi connectivity index (χ2v) is 4.79. The van der Waals surface area contributed by atoms with Gasteiger partial charge < -0.3 is 10.1 Å². The fourth-order valence-corrected chi connectivity index (χ4v) is 2.55. The number of fused-ring (bicyclic) bond motifs is 1. The van der Waals surface area contributed by atoms with Gasteiger partial charge in [-0.05, 0) is 41.4 Å². The minimum Gasteiger partial charge on any atom is -0.372 e. The number of halogens is 1. The van der Waals surface area contributed by atoms with Crippen molar-refractivity contribution in [1.29, 1.82) is 0 Å². The predicted molar refractivity (Wildman–Crippen MR) is 72.2 cm³/mol. The first-order chi connectivity index (χ1) is 9.28. The van der Waals surface area contributed by atoms with E-state index in [0.29, 0.717) is 13.2 Å². The highest BCUT2D eigenvalue weighted by molar-refractivity contribution is 5.38. The van der Waals surface area contributed by atoms with E-state index in [9.17, 15) is 4.39 Å². The van der Waals surface area contributed by atoms with Crippen molar-refractivity contribution in [1.82, 2.24) is 5.32 Å². The molecule has 0 radical (unpaired) electrons. The summed E-state index contributed by atoms with van der Waals surface area (Å²) < 4.78 is 18.4. The zero-order valence-electron chi connectivity index (χ0n) is 10.8. The van der Waals surface area contributed by atoms with Crippen LogP contribution in [0, 0.1) is 5.82 Å². The number of benzene rings is 2. The van der Waals surface area contributed by atoms with Crippen LogP contribution in [0.2, 0.25) is 0 Å². The average Bonchev–Trinajstić information content (AvgIpc) is 2.89. The molecule has 0 aliphatic carbocycles. The molecule has 2 aromatic rings. The Labute approximate surface area is 112 Å².